The zero-order valence-corrected chi connectivity index (χ0v) is 14.1. The normalized spacial score (nSPS) is 10.1. The Bertz CT molecular complexity index is 710. The Morgan fingerprint density at radius 1 is 1.26 bits per heavy atom. The van der Waals surface area contributed by atoms with Gasteiger partial charge in [0.15, 0.2) is 5.82 Å². The van der Waals surface area contributed by atoms with E-state index in [0.717, 1.165) is 0 Å². The van der Waals surface area contributed by atoms with Gasteiger partial charge in [-0.1, -0.05) is 23.2 Å². The lowest BCUT2D eigenvalue weighted by molar-refractivity contribution is 0.252. The zero-order valence-electron chi connectivity index (χ0n) is 12.6. The number of benzene rings is 1. The SMILES string of the molecule is CCNC(=O)Nc1cnc(Nc2ccc(Cl)c(Cl)c2)nc1NC. The topological polar surface area (TPSA) is 91.0 Å². The van der Waals surface area contributed by atoms with Crippen molar-refractivity contribution in [1.82, 2.24) is 15.3 Å². The number of anilines is 4. The number of halogens is 2. The van der Waals surface area contributed by atoms with Crippen molar-refractivity contribution in [3.8, 4) is 0 Å². The molecule has 4 N–H and O–H groups in total. The van der Waals surface area contributed by atoms with Crippen molar-refractivity contribution in [2.24, 2.45) is 0 Å². The molecule has 7 nitrogen and oxygen atoms in total. The summed E-state index contributed by atoms with van der Waals surface area (Å²) in [6.45, 7) is 2.36. The largest absolute Gasteiger partial charge is 0.371 e. The first-order valence-corrected chi connectivity index (χ1v) is 7.60. The monoisotopic (exact) mass is 354 g/mol. The first-order valence-electron chi connectivity index (χ1n) is 6.85. The summed E-state index contributed by atoms with van der Waals surface area (Å²) in [5.74, 6) is 0.836. The molecule has 1 aromatic heterocycles. The van der Waals surface area contributed by atoms with Gasteiger partial charge in [-0.15, -0.1) is 0 Å². The summed E-state index contributed by atoms with van der Waals surface area (Å²) >= 11 is 11.9. The molecule has 0 spiro atoms. The number of nitrogens with zero attached hydrogens (tertiary/aromatic N) is 2. The number of nitrogens with one attached hydrogen (secondary N) is 4. The van der Waals surface area contributed by atoms with Gasteiger partial charge in [0.2, 0.25) is 5.95 Å². The molecule has 2 rings (SSSR count). The molecule has 0 saturated heterocycles. The van der Waals surface area contributed by atoms with E-state index in [4.69, 9.17) is 23.2 Å². The molecule has 0 aliphatic rings. The molecular formula is C14H16Cl2N6O. The number of rotatable bonds is 5. The summed E-state index contributed by atoms with van der Waals surface area (Å²) < 4.78 is 0. The summed E-state index contributed by atoms with van der Waals surface area (Å²) in [6, 6.07) is 4.79. The number of amides is 2. The van der Waals surface area contributed by atoms with Crippen LogP contribution in [0, 0.1) is 0 Å². The van der Waals surface area contributed by atoms with Crippen LogP contribution in [0.4, 0.5) is 27.9 Å². The third kappa shape index (κ3) is 4.61. The van der Waals surface area contributed by atoms with E-state index in [1.807, 2.05) is 6.92 Å². The predicted octanol–water partition coefficient (Wildman–Crippen LogP) is 3.71. The molecule has 0 unspecified atom stereocenters. The fraction of sp³-hybridized carbons (Fsp3) is 0.214. The maximum atomic E-state index is 11.6. The molecule has 0 fully saturated rings. The van der Waals surface area contributed by atoms with Crippen molar-refractivity contribution >= 4 is 52.4 Å². The second-order valence-corrected chi connectivity index (χ2v) is 5.26. The first-order chi connectivity index (χ1) is 11.0. The van der Waals surface area contributed by atoms with Crippen LogP contribution >= 0.6 is 23.2 Å². The molecule has 122 valence electrons. The molecule has 9 heteroatoms. The number of carbonyl (C=O) groups is 1. The summed E-state index contributed by atoms with van der Waals surface area (Å²) in [6.07, 6.45) is 1.51. The van der Waals surface area contributed by atoms with Crippen molar-refractivity contribution < 1.29 is 4.79 Å². The van der Waals surface area contributed by atoms with Crippen LogP contribution in [-0.4, -0.2) is 29.6 Å². The Kier molecular flexibility index (Phi) is 5.84. The molecule has 0 atom stereocenters. The first kappa shape index (κ1) is 17.1. The van der Waals surface area contributed by atoms with E-state index >= 15 is 0 Å². The zero-order chi connectivity index (χ0) is 16.8. The quantitative estimate of drug-likeness (QED) is 0.656. The average molecular weight is 355 g/mol. The van der Waals surface area contributed by atoms with Gasteiger partial charge in [0.25, 0.3) is 0 Å². The molecule has 0 saturated carbocycles. The number of hydrogen-bond donors (Lipinski definition) is 4. The molecular weight excluding hydrogens is 339 g/mol. The molecule has 2 aromatic rings. The second-order valence-electron chi connectivity index (χ2n) is 4.44. The molecule has 0 aliphatic heterocycles. The van der Waals surface area contributed by atoms with E-state index in [9.17, 15) is 4.79 Å². The lowest BCUT2D eigenvalue weighted by Gasteiger charge is -2.12. The van der Waals surface area contributed by atoms with Crippen molar-refractivity contribution in [2.75, 3.05) is 29.5 Å². The minimum atomic E-state index is -0.321. The lowest BCUT2D eigenvalue weighted by Crippen LogP contribution is -2.28. The van der Waals surface area contributed by atoms with Gasteiger partial charge in [0.1, 0.15) is 5.69 Å². The smallest absolute Gasteiger partial charge is 0.319 e. The van der Waals surface area contributed by atoms with Crippen molar-refractivity contribution in [3.05, 3.63) is 34.4 Å². The fourth-order valence-corrected chi connectivity index (χ4v) is 2.05. The summed E-state index contributed by atoms with van der Waals surface area (Å²) in [7, 11) is 1.70. The minimum absolute atomic E-state index is 0.321. The van der Waals surface area contributed by atoms with Gasteiger partial charge >= 0.3 is 6.03 Å². The van der Waals surface area contributed by atoms with Crippen LogP contribution in [0.25, 0.3) is 0 Å². The Morgan fingerprint density at radius 3 is 2.70 bits per heavy atom. The van der Waals surface area contributed by atoms with Gasteiger partial charge in [0, 0.05) is 19.3 Å². The Morgan fingerprint density at radius 2 is 2.04 bits per heavy atom. The Hall–Kier alpha value is -2.25. The average Bonchev–Trinajstić information content (AvgIpc) is 2.52. The van der Waals surface area contributed by atoms with Crippen molar-refractivity contribution in [2.45, 2.75) is 6.92 Å². The molecule has 0 aliphatic carbocycles. The minimum Gasteiger partial charge on any atom is -0.371 e. The molecule has 0 bridgehead atoms. The molecule has 2 amide bonds. The van der Waals surface area contributed by atoms with Gasteiger partial charge in [0.05, 0.1) is 16.2 Å². The van der Waals surface area contributed by atoms with E-state index < -0.39 is 0 Å². The van der Waals surface area contributed by atoms with Crippen LogP contribution in [0.2, 0.25) is 10.0 Å². The third-order valence-electron chi connectivity index (χ3n) is 2.79. The van der Waals surface area contributed by atoms with Crippen LogP contribution in [0.5, 0.6) is 0 Å². The summed E-state index contributed by atoms with van der Waals surface area (Å²) in [5, 5.41) is 12.1. The maximum Gasteiger partial charge on any atom is 0.319 e. The van der Waals surface area contributed by atoms with Crippen LogP contribution < -0.4 is 21.3 Å². The van der Waals surface area contributed by atoms with E-state index in [-0.39, 0.29) is 6.03 Å². The van der Waals surface area contributed by atoms with Crippen LogP contribution in [0.3, 0.4) is 0 Å². The third-order valence-corrected chi connectivity index (χ3v) is 3.53. The number of hydrogen-bond acceptors (Lipinski definition) is 5. The van der Waals surface area contributed by atoms with Gasteiger partial charge in [-0.05, 0) is 25.1 Å². The van der Waals surface area contributed by atoms with Gasteiger partial charge in [-0.2, -0.15) is 4.98 Å². The maximum absolute atomic E-state index is 11.6. The van der Waals surface area contributed by atoms with E-state index in [1.165, 1.54) is 6.20 Å². The van der Waals surface area contributed by atoms with Gasteiger partial charge in [-0.3, -0.25) is 0 Å². The molecule has 1 heterocycles. The van der Waals surface area contributed by atoms with Crippen molar-refractivity contribution in [3.63, 3.8) is 0 Å². The van der Waals surface area contributed by atoms with E-state index in [1.54, 1.807) is 25.2 Å². The standard InChI is InChI=1S/C14H16Cl2N6O/c1-3-18-14(23)21-11-7-19-13(22-12(11)17-2)20-8-4-5-9(15)10(16)6-8/h4-7H,3H2,1-2H3,(H2,18,21,23)(H2,17,19,20,22). The second kappa shape index (κ2) is 7.85. The van der Waals surface area contributed by atoms with Crippen LogP contribution in [-0.2, 0) is 0 Å². The van der Waals surface area contributed by atoms with Crippen molar-refractivity contribution in [1.29, 1.82) is 0 Å². The fourth-order valence-electron chi connectivity index (χ4n) is 1.75. The highest BCUT2D eigenvalue weighted by atomic mass is 35.5. The molecule has 23 heavy (non-hydrogen) atoms. The lowest BCUT2D eigenvalue weighted by atomic mass is 10.3. The highest BCUT2D eigenvalue weighted by Crippen LogP contribution is 2.27. The van der Waals surface area contributed by atoms with Gasteiger partial charge < -0.3 is 21.3 Å². The summed E-state index contributed by atoms with van der Waals surface area (Å²) in [4.78, 5) is 20.0. The Labute approximate surface area is 143 Å². The van der Waals surface area contributed by atoms with E-state index in [2.05, 4.69) is 31.2 Å². The summed E-state index contributed by atoms with van der Waals surface area (Å²) in [5.41, 5.74) is 1.17. The number of carbonyl (C=O) groups excluding carboxylic acids is 1. The van der Waals surface area contributed by atoms with Gasteiger partial charge in [-0.25, -0.2) is 9.78 Å². The van der Waals surface area contributed by atoms with Crippen LogP contribution in [0.15, 0.2) is 24.4 Å². The number of aromatic nitrogens is 2. The highest BCUT2D eigenvalue weighted by molar-refractivity contribution is 6.42. The number of urea groups is 1. The Balaban J connectivity index is 2.17. The molecule has 0 radical (unpaired) electrons. The molecule has 1 aromatic carbocycles. The van der Waals surface area contributed by atoms with Crippen LogP contribution in [0.1, 0.15) is 6.92 Å². The predicted molar refractivity (Wildman–Crippen MR) is 94.0 cm³/mol. The van der Waals surface area contributed by atoms with E-state index in [0.29, 0.717) is 39.7 Å². The highest BCUT2D eigenvalue weighted by Gasteiger charge is 2.09.